The zero-order valence-corrected chi connectivity index (χ0v) is 21.6. The van der Waals surface area contributed by atoms with Gasteiger partial charge in [-0.05, 0) is 57.9 Å². The number of hydrogen-bond donors (Lipinski definition) is 2. The Balaban J connectivity index is 0.000000479. The fraction of sp³-hybridized carbons (Fsp3) is 0.731. The third kappa shape index (κ3) is 8.21. The number of carboxylic acids is 1. The monoisotopic (exact) mass is 529 g/mol. The molecular formula is C26H38F3N3O5. The molecule has 3 aliphatic rings. The Morgan fingerprint density at radius 3 is 2.19 bits per heavy atom. The van der Waals surface area contributed by atoms with Crippen molar-refractivity contribution in [3.63, 3.8) is 0 Å². The van der Waals surface area contributed by atoms with E-state index in [2.05, 4.69) is 10.2 Å². The second-order valence-electron chi connectivity index (χ2n) is 10.3. The van der Waals surface area contributed by atoms with E-state index in [9.17, 15) is 22.8 Å². The summed E-state index contributed by atoms with van der Waals surface area (Å²) in [5, 5.41) is 10.4. The van der Waals surface area contributed by atoms with Gasteiger partial charge < -0.3 is 19.7 Å². The predicted octanol–water partition coefficient (Wildman–Crippen LogP) is 4.35. The van der Waals surface area contributed by atoms with E-state index in [1.807, 2.05) is 24.8 Å². The van der Waals surface area contributed by atoms with Crippen molar-refractivity contribution in [2.24, 2.45) is 5.92 Å². The summed E-state index contributed by atoms with van der Waals surface area (Å²) in [5.41, 5.74) is 0.967. The number of hydrogen-bond acceptors (Lipinski definition) is 5. The van der Waals surface area contributed by atoms with E-state index in [-0.39, 0.29) is 17.9 Å². The van der Waals surface area contributed by atoms with Crippen LogP contribution in [0, 0.1) is 19.8 Å². The number of furan rings is 1. The Hall–Kier alpha value is -2.56. The van der Waals surface area contributed by atoms with Gasteiger partial charge in [0.25, 0.3) is 0 Å². The molecule has 2 heterocycles. The zero-order chi connectivity index (χ0) is 27.2. The summed E-state index contributed by atoms with van der Waals surface area (Å²) in [4.78, 5) is 39.2. The molecule has 37 heavy (non-hydrogen) atoms. The van der Waals surface area contributed by atoms with Crippen LogP contribution in [-0.2, 0) is 14.4 Å². The van der Waals surface area contributed by atoms with Crippen molar-refractivity contribution >= 4 is 17.8 Å². The van der Waals surface area contributed by atoms with Gasteiger partial charge in [0.15, 0.2) is 0 Å². The normalized spacial score (nSPS) is 20.1. The molecule has 2 aliphatic carbocycles. The van der Waals surface area contributed by atoms with E-state index < -0.39 is 12.1 Å². The van der Waals surface area contributed by atoms with Crippen molar-refractivity contribution in [2.45, 2.75) is 89.9 Å². The molecule has 8 nitrogen and oxygen atoms in total. The van der Waals surface area contributed by atoms with Gasteiger partial charge in [-0.3, -0.25) is 14.5 Å². The number of rotatable bonds is 7. The summed E-state index contributed by atoms with van der Waals surface area (Å²) in [5.74, 6) is 0.0326. The van der Waals surface area contributed by atoms with Crippen LogP contribution in [0.1, 0.15) is 80.9 Å². The van der Waals surface area contributed by atoms with Crippen LogP contribution in [0.25, 0.3) is 0 Å². The van der Waals surface area contributed by atoms with Crippen LogP contribution >= 0.6 is 0 Å². The van der Waals surface area contributed by atoms with Crippen LogP contribution < -0.4 is 5.32 Å². The minimum absolute atomic E-state index is 0.0772. The maximum absolute atomic E-state index is 13.3. The van der Waals surface area contributed by atoms with Crippen molar-refractivity contribution in [1.82, 2.24) is 15.1 Å². The highest BCUT2D eigenvalue weighted by Gasteiger charge is 2.38. The minimum Gasteiger partial charge on any atom is -0.475 e. The molecule has 1 aromatic heterocycles. The molecule has 11 heteroatoms. The number of aliphatic carboxylic acids is 1. The Morgan fingerprint density at radius 2 is 1.70 bits per heavy atom. The molecule has 1 saturated heterocycles. The summed E-state index contributed by atoms with van der Waals surface area (Å²) in [6.45, 7) is 6.91. The van der Waals surface area contributed by atoms with Crippen molar-refractivity contribution in [1.29, 1.82) is 0 Å². The van der Waals surface area contributed by atoms with Crippen LogP contribution in [0.3, 0.4) is 0 Å². The highest BCUT2D eigenvalue weighted by molar-refractivity contribution is 5.84. The largest absolute Gasteiger partial charge is 0.490 e. The number of carbonyl (C=O) groups excluding carboxylic acids is 2. The van der Waals surface area contributed by atoms with Crippen molar-refractivity contribution in [3.8, 4) is 0 Å². The van der Waals surface area contributed by atoms with Crippen molar-refractivity contribution < 1.29 is 37.1 Å². The zero-order valence-electron chi connectivity index (χ0n) is 21.6. The van der Waals surface area contributed by atoms with Gasteiger partial charge in [0, 0.05) is 44.2 Å². The molecule has 1 unspecified atom stereocenters. The molecule has 0 radical (unpaired) electrons. The first kappa shape index (κ1) is 29.0. The van der Waals surface area contributed by atoms with Gasteiger partial charge >= 0.3 is 12.1 Å². The maximum Gasteiger partial charge on any atom is 0.490 e. The third-order valence-corrected chi connectivity index (χ3v) is 7.56. The number of alkyl halides is 3. The first-order chi connectivity index (χ1) is 17.5. The SMILES string of the molecule is Cc1cc(C(C(=O)NC2CCC2)N2CCCN(C(=O)CCC3CCC3)CC2)c(C)o1.O=C(O)C(F)(F)F. The Labute approximate surface area is 215 Å². The lowest BCUT2D eigenvalue weighted by atomic mass is 9.82. The first-order valence-electron chi connectivity index (χ1n) is 13.1. The van der Waals surface area contributed by atoms with E-state index >= 15 is 0 Å². The smallest absolute Gasteiger partial charge is 0.475 e. The lowest BCUT2D eigenvalue weighted by Crippen LogP contribution is -2.47. The quantitative estimate of drug-likeness (QED) is 0.544. The number of aryl methyl sites for hydroxylation is 2. The van der Waals surface area contributed by atoms with Crippen LogP contribution in [0.15, 0.2) is 10.5 Å². The Morgan fingerprint density at radius 1 is 1.05 bits per heavy atom. The summed E-state index contributed by atoms with van der Waals surface area (Å²) >= 11 is 0. The fourth-order valence-corrected chi connectivity index (χ4v) is 4.97. The molecule has 1 aromatic rings. The minimum atomic E-state index is -5.08. The van der Waals surface area contributed by atoms with Gasteiger partial charge in [-0.2, -0.15) is 13.2 Å². The number of amides is 2. The molecule has 208 valence electrons. The van der Waals surface area contributed by atoms with Crippen LogP contribution in [-0.4, -0.2) is 71.1 Å². The van der Waals surface area contributed by atoms with Gasteiger partial charge in [0.05, 0.1) is 0 Å². The van der Waals surface area contributed by atoms with E-state index in [0.29, 0.717) is 19.0 Å². The number of carboxylic acid groups (broad SMARTS) is 1. The summed E-state index contributed by atoms with van der Waals surface area (Å²) in [7, 11) is 0. The summed E-state index contributed by atoms with van der Waals surface area (Å²) in [6, 6.07) is 1.98. The molecule has 2 N–H and O–H groups in total. The van der Waals surface area contributed by atoms with Crippen molar-refractivity contribution in [3.05, 3.63) is 23.2 Å². The van der Waals surface area contributed by atoms with Gasteiger partial charge in [-0.25, -0.2) is 4.79 Å². The molecule has 3 fully saturated rings. The molecule has 1 atom stereocenters. The molecular weight excluding hydrogens is 491 g/mol. The van der Waals surface area contributed by atoms with Gasteiger partial charge in [0.1, 0.15) is 17.6 Å². The molecule has 2 amide bonds. The second-order valence-corrected chi connectivity index (χ2v) is 10.3. The number of carbonyl (C=O) groups is 3. The topological polar surface area (TPSA) is 103 Å². The van der Waals surface area contributed by atoms with Crippen LogP contribution in [0.5, 0.6) is 0 Å². The molecule has 0 bridgehead atoms. The standard InChI is InChI=1S/C24H37N3O3.C2HF3O2/c1-17-16-21(18(2)30-17)23(24(29)25-20-8-4-9-20)27-13-5-12-26(14-15-27)22(28)11-10-19-6-3-7-19;3-2(4,5)1(6)7/h16,19-20,23H,3-15H2,1-2H3,(H,25,29);(H,6,7). The van der Waals surface area contributed by atoms with E-state index in [1.165, 1.54) is 25.7 Å². The molecule has 1 aliphatic heterocycles. The van der Waals surface area contributed by atoms with Gasteiger partial charge in [-0.1, -0.05) is 19.3 Å². The van der Waals surface area contributed by atoms with E-state index in [1.54, 1.807) is 0 Å². The lowest BCUT2D eigenvalue weighted by Gasteiger charge is -2.33. The fourth-order valence-electron chi connectivity index (χ4n) is 4.97. The van der Waals surface area contributed by atoms with Crippen LogP contribution in [0.4, 0.5) is 13.2 Å². The Kier molecular flexibility index (Phi) is 10.0. The average Bonchev–Trinajstić information content (AvgIpc) is 2.94. The molecule has 0 aromatic carbocycles. The predicted molar refractivity (Wildman–Crippen MR) is 130 cm³/mol. The summed E-state index contributed by atoms with van der Waals surface area (Å²) in [6.07, 6.45) is 4.80. The van der Waals surface area contributed by atoms with Crippen molar-refractivity contribution in [2.75, 3.05) is 26.2 Å². The highest BCUT2D eigenvalue weighted by atomic mass is 19.4. The average molecular weight is 530 g/mol. The Bertz CT molecular complexity index is 940. The van der Waals surface area contributed by atoms with Crippen LogP contribution in [0.2, 0.25) is 0 Å². The lowest BCUT2D eigenvalue weighted by molar-refractivity contribution is -0.192. The van der Waals surface area contributed by atoms with Gasteiger partial charge in [0.2, 0.25) is 11.8 Å². The first-order valence-corrected chi connectivity index (χ1v) is 13.1. The number of nitrogens with one attached hydrogen (secondary N) is 1. The highest BCUT2D eigenvalue weighted by Crippen LogP contribution is 2.31. The van der Waals surface area contributed by atoms with E-state index in [4.69, 9.17) is 14.3 Å². The maximum atomic E-state index is 13.3. The number of nitrogens with zero attached hydrogens (tertiary/aromatic N) is 2. The molecule has 2 saturated carbocycles. The molecule has 4 rings (SSSR count). The van der Waals surface area contributed by atoms with Gasteiger partial charge in [-0.15, -0.1) is 0 Å². The second kappa shape index (κ2) is 12.8. The number of halogens is 3. The third-order valence-electron chi connectivity index (χ3n) is 7.56. The molecule has 0 spiro atoms. The summed E-state index contributed by atoms with van der Waals surface area (Å²) < 4.78 is 37.5. The van der Waals surface area contributed by atoms with E-state index in [0.717, 1.165) is 68.3 Å².